The number of amides is 1. The molecule has 6 heteroatoms. The van der Waals surface area contributed by atoms with Crippen LogP contribution in [0.3, 0.4) is 0 Å². The van der Waals surface area contributed by atoms with Crippen LogP contribution in [0.15, 0.2) is 18.2 Å². The molecule has 0 aromatic heterocycles. The number of rotatable bonds is 1. The summed E-state index contributed by atoms with van der Waals surface area (Å²) in [4.78, 5) is 14.3. The number of piperidine rings is 1. The fourth-order valence-corrected chi connectivity index (χ4v) is 3.16. The second kappa shape index (κ2) is 6.13. The molecule has 21 heavy (non-hydrogen) atoms. The van der Waals surface area contributed by atoms with E-state index >= 15 is 0 Å². The van der Waals surface area contributed by atoms with Gasteiger partial charge >= 0.3 is 0 Å². The van der Waals surface area contributed by atoms with Gasteiger partial charge in [0, 0.05) is 31.0 Å². The van der Waals surface area contributed by atoms with E-state index in [1.165, 1.54) is 0 Å². The predicted molar refractivity (Wildman–Crippen MR) is 80.9 cm³/mol. The molecule has 3 rings (SSSR count). The normalized spacial score (nSPS) is 21.5. The van der Waals surface area contributed by atoms with Crippen molar-refractivity contribution < 1.29 is 14.3 Å². The Bertz CT molecular complexity index is 534. The van der Waals surface area contributed by atoms with Crippen molar-refractivity contribution in [2.24, 2.45) is 0 Å². The van der Waals surface area contributed by atoms with E-state index in [-0.39, 0.29) is 5.91 Å². The van der Waals surface area contributed by atoms with Crippen LogP contribution in [0.25, 0.3) is 0 Å². The number of benzene rings is 1. The zero-order valence-corrected chi connectivity index (χ0v) is 13.1. The molecule has 0 N–H and O–H groups in total. The number of ether oxygens (including phenoxy) is 2. The molecule has 0 saturated carbocycles. The van der Waals surface area contributed by atoms with Crippen molar-refractivity contribution in [1.82, 2.24) is 4.90 Å². The summed E-state index contributed by atoms with van der Waals surface area (Å²) in [5, 5.41) is 0.935. The quantitative estimate of drug-likeness (QED) is 0.793. The number of likely N-dealkylation sites (tertiary alicyclic amines) is 1. The van der Waals surface area contributed by atoms with Gasteiger partial charge in [0.05, 0.1) is 23.8 Å². The van der Waals surface area contributed by atoms with Gasteiger partial charge < -0.3 is 14.4 Å². The molecule has 0 aliphatic carbocycles. The minimum absolute atomic E-state index is 0.0897. The lowest BCUT2D eigenvalue weighted by molar-refractivity contribution is -0.281. The van der Waals surface area contributed by atoms with E-state index in [0.29, 0.717) is 41.5 Å². The highest BCUT2D eigenvalue weighted by Crippen LogP contribution is 2.32. The molecule has 1 aromatic rings. The lowest BCUT2D eigenvalue weighted by Gasteiger charge is -2.43. The summed E-state index contributed by atoms with van der Waals surface area (Å²) < 4.78 is 11.6. The average molecular weight is 330 g/mol. The zero-order chi connectivity index (χ0) is 14.9. The standard InChI is InChI=1S/C15H17Cl2NO3/c16-11-2-3-13(17)12(10-11)14(19)18-6-4-15(5-7-18)20-8-1-9-21-15/h2-3,10H,1,4-9H2. The summed E-state index contributed by atoms with van der Waals surface area (Å²) in [5.74, 6) is -0.583. The predicted octanol–water partition coefficient (Wildman–Crippen LogP) is 3.36. The molecule has 0 unspecified atom stereocenters. The fraction of sp³-hybridized carbons (Fsp3) is 0.533. The third-order valence-electron chi connectivity index (χ3n) is 3.99. The molecule has 0 atom stereocenters. The maximum Gasteiger partial charge on any atom is 0.255 e. The Labute approximate surface area is 133 Å². The highest BCUT2D eigenvalue weighted by molar-refractivity contribution is 6.35. The second-order valence-electron chi connectivity index (χ2n) is 5.38. The van der Waals surface area contributed by atoms with Gasteiger partial charge in [-0.3, -0.25) is 4.79 Å². The van der Waals surface area contributed by atoms with Crippen molar-refractivity contribution in [3.8, 4) is 0 Å². The van der Waals surface area contributed by atoms with Gasteiger partial charge in [-0.05, 0) is 24.6 Å². The minimum Gasteiger partial charge on any atom is -0.350 e. The Kier molecular flexibility index (Phi) is 4.41. The molecule has 0 bridgehead atoms. The third-order valence-corrected chi connectivity index (χ3v) is 4.55. The fourth-order valence-electron chi connectivity index (χ4n) is 2.79. The Morgan fingerprint density at radius 3 is 2.48 bits per heavy atom. The lowest BCUT2D eigenvalue weighted by Crippen LogP contribution is -2.51. The molecular formula is C15H17Cl2NO3. The molecule has 4 nitrogen and oxygen atoms in total. The first-order valence-corrected chi connectivity index (χ1v) is 7.87. The maximum atomic E-state index is 12.5. The Morgan fingerprint density at radius 2 is 1.81 bits per heavy atom. The Morgan fingerprint density at radius 1 is 1.14 bits per heavy atom. The topological polar surface area (TPSA) is 38.8 Å². The van der Waals surface area contributed by atoms with Gasteiger partial charge in [0.15, 0.2) is 5.79 Å². The van der Waals surface area contributed by atoms with Gasteiger partial charge in [-0.15, -0.1) is 0 Å². The van der Waals surface area contributed by atoms with Crippen LogP contribution in [0.1, 0.15) is 29.6 Å². The molecule has 2 aliphatic rings. The van der Waals surface area contributed by atoms with Crippen LogP contribution in [0, 0.1) is 0 Å². The summed E-state index contributed by atoms with van der Waals surface area (Å²) in [7, 11) is 0. The van der Waals surface area contributed by atoms with Crippen molar-refractivity contribution in [1.29, 1.82) is 0 Å². The van der Waals surface area contributed by atoms with E-state index in [2.05, 4.69) is 0 Å². The van der Waals surface area contributed by atoms with Gasteiger partial charge in [0.1, 0.15) is 0 Å². The van der Waals surface area contributed by atoms with Gasteiger partial charge in [0.25, 0.3) is 5.91 Å². The zero-order valence-electron chi connectivity index (χ0n) is 11.6. The minimum atomic E-state index is -0.493. The average Bonchev–Trinajstić information content (AvgIpc) is 2.51. The second-order valence-corrected chi connectivity index (χ2v) is 6.22. The van der Waals surface area contributed by atoms with Crippen molar-refractivity contribution in [2.75, 3.05) is 26.3 Å². The number of hydrogen-bond donors (Lipinski definition) is 0. The van der Waals surface area contributed by atoms with Gasteiger partial charge in [0.2, 0.25) is 0 Å². The number of halogens is 2. The summed E-state index contributed by atoms with van der Waals surface area (Å²) in [6, 6.07) is 4.94. The molecule has 0 radical (unpaired) electrons. The highest BCUT2D eigenvalue weighted by atomic mass is 35.5. The van der Waals surface area contributed by atoms with Crippen molar-refractivity contribution >= 4 is 29.1 Å². The van der Waals surface area contributed by atoms with Gasteiger partial charge in [-0.2, -0.15) is 0 Å². The van der Waals surface area contributed by atoms with Crippen molar-refractivity contribution in [3.63, 3.8) is 0 Å². The number of nitrogens with zero attached hydrogens (tertiary/aromatic N) is 1. The maximum absolute atomic E-state index is 12.5. The van der Waals surface area contributed by atoms with E-state index in [0.717, 1.165) is 19.6 Å². The van der Waals surface area contributed by atoms with E-state index in [1.54, 1.807) is 23.1 Å². The largest absolute Gasteiger partial charge is 0.350 e. The van der Waals surface area contributed by atoms with Gasteiger partial charge in [-0.25, -0.2) is 0 Å². The smallest absolute Gasteiger partial charge is 0.255 e. The van der Waals surface area contributed by atoms with Gasteiger partial charge in [-0.1, -0.05) is 23.2 Å². The molecule has 1 aromatic carbocycles. The highest BCUT2D eigenvalue weighted by Gasteiger charge is 2.39. The first-order chi connectivity index (χ1) is 10.1. The number of hydrogen-bond acceptors (Lipinski definition) is 3. The molecule has 2 heterocycles. The first-order valence-electron chi connectivity index (χ1n) is 7.12. The van der Waals surface area contributed by atoms with Crippen LogP contribution >= 0.6 is 23.2 Å². The Hall–Kier alpha value is -0.810. The lowest BCUT2D eigenvalue weighted by atomic mass is 10.0. The van der Waals surface area contributed by atoms with Crippen LogP contribution in [0.5, 0.6) is 0 Å². The Balaban J connectivity index is 1.69. The van der Waals surface area contributed by atoms with E-state index in [4.69, 9.17) is 32.7 Å². The van der Waals surface area contributed by atoms with Crippen LogP contribution < -0.4 is 0 Å². The monoisotopic (exact) mass is 329 g/mol. The van der Waals surface area contributed by atoms with Crippen LogP contribution in [0.2, 0.25) is 10.0 Å². The molecule has 2 saturated heterocycles. The van der Waals surface area contributed by atoms with E-state index < -0.39 is 5.79 Å². The molecule has 114 valence electrons. The number of carbonyl (C=O) groups excluding carboxylic acids is 1. The van der Waals surface area contributed by atoms with Crippen LogP contribution in [-0.4, -0.2) is 42.9 Å². The summed E-state index contributed by atoms with van der Waals surface area (Å²) in [5.41, 5.74) is 0.450. The number of carbonyl (C=O) groups is 1. The third kappa shape index (κ3) is 3.19. The summed E-state index contributed by atoms with van der Waals surface area (Å²) >= 11 is 12.0. The molecular weight excluding hydrogens is 313 g/mol. The van der Waals surface area contributed by atoms with Crippen LogP contribution in [0.4, 0.5) is 0 Å². The molecule has 2 fully saturated rings. The van der Waals surface area contributed by atoms with Crippen molar-refractivity contribution in [2.45, 2.75) is 25.0 Å². The molecule has 1 spiro atoms. The van der Waals surface area contributed by atoms with E-state index in [9.17, 15) is 4.79 Å². The van der Waals surface area contributed by atoms with Crippen molar-refractivity contribution in [3.05, 3.63) is 33.8 Å². The molecule has 1 amide bonds. The first kappa shape index (κ1) is 15.1. The molecule has 2 aliphatic heterocycles. The van der Waals surface area contributed by atoms with E-state index in [1.807, 2.05) is 0 Å². The van der Waals surface area contributed by atoms with Crippen LogP contribution in [-0.2, 0) is 9.47 Å². The summed E-state index contributed by atoms with van der Waals surface area (Å²) in [6.07, 6.45) is 2.32. The SMILES string of the molecule is O=C(c1cc(Cl)ccc1Cl)N1CCC2(CC1)OCCCO2. The summed E-state index contributed by atoms with van der Waals surface area (Å²) in [6.45, 7) is 2.66.